The first-order chi connectivity index (χ1) is 9.92. The second-order valence-electron chi connectivity index (χ2n) is 4.41. The Morgan fingerprint density at radius 3 is 2.76 bits per heavy atom. The van der Waals surface area contributed by atoms with Crippen LogP contribution >= 0.6 is 38.6 Å². The van der Waals surface area contributed by atoms with E-state index in [4.69, 9.17) is 0 Å². The van der Waals surface area contributed by atoms with Crippen molar-refractivity contribution < 1.29 is 8.42 Å². The summed E-state index contributed by atoms with van der Waals surface area (Å²) in [5.74, 6) is 0. The topological polar surface area (TPSA) is 71.1 Å². The van der Waals surface area contributed by atoms with Gasteiger partial charge >= 0.3 is 0 Å². The molecule has 2 N–H and O–H groups in total. The van der Waals surface area contributed by atoms with Gasteiger partial charge < -0.3 is 5.32 Å². The SMILES string of the molecule is CCCNCc1cc(S(=O)(=O)Nc2ncc(C)s2)c(Br)s1. The van der Waals surface area contributed by atoms with E-state index < -0.39 is 10.0 Å². The van der Waals surface area contributed by atoms with Gasteiger partial charge in [0.25, 0.3) is 10.0 Å². The summed E-state index contributed by atoms with van der Waals surface area (Å²) in [5, 5.41) is 3.65. The lowest BCUT2D eigenvalue weighted by Gasteiger charge is -2.03. The van der Waals surface area contributed by atoms with E-state index in [9.17, 15) is 8.42 Å². The molecule has 0 unspecified atom stereocenters. The number of anilines is 1. The van der Waals surface area contributed by atoms with Crippen LogP contribution in [0.2, 0.25) is 0 Å². The summed E-state index contributed by atoms with van der Waals surface area (Å²) < 4.78 is 27.9. The minimum atomic E-state index is -3.61. The Morgan fingerprint density at radius 2 is 2.14 bits per heavy atom. The Morgan fingerprint density at radius 1 is 1.38 bits per heavy atom. The van der Waals surface area contributed by atoms with Crippen molar-refractivity contribution in [2.24, 2.45) is 0 Å². The monoisotopic (exact) mass is 409 g/mol. The second-order valence-corrected chi connectivity index (χ2v) is 9.75. The van der Waals surface area contributed by atoms with Gasteiger partial charge in [-0.2, -0.15) is 0 Å². The molecule has 0 aliphatic carbocycles. The fourth-order valence-corrected chi connectivity index (χ4v) is 6.19. The van der Waals surface area contributed by atoms with Crippen LogP contribution in [0.1, 0.15) is 23.1 Å². The summed E-state index contributed by atoms with van der Waals surface area (Å²) in [7, 11) is -3.61. The summed E-state index contributed by atoms with van der Waals surface area (Å²) in [4.78, 5) is 6.22. The third-order valence-corrected chi connectivity index (χ3v) is 7.11. The number of rotatable bonds is 7. The molecule has 0 fully saturated rings. The molecule has 2 aromatic heterocycles. The fourth-order valence-electron chi connectivity index (χ4n) is 1.63. The third kappa shape index (κ3) is 4.49. The molecule has 0 bridgehead atoms. The van der Waals surface area contributed by atoms with Crippen LogP contribution < -0.4 is 10.0 Å². The molecule has 2 aromatic rings. The number of aryl methyl sites for hydroxylation is 1. The molecule has 0 aliphatic rings. The van der Waals surface area contributed by atoms with E-state index in [-0.39, 0.29) is 4.90 Å². The van der Waals surface area contributed by atoms with Crippen molar-refractivity contribution in [3.05, 3.63) is 25.8 Å². The van der Waals surface area contributed by atoms with Crippen LogP contribution in [-0.4, -0.2) is 19.9 Å². The standard InChI is InChI=1S/C12H16BrN3O2S3/c1-3-4-14-7-9-5-10(11(13)20-9)21(17,18)16-12-15-6-8(2)19-12/h5-6,14H,3-4,7H2,1-2H3,(H,15,16). The maximum atomic E-state index is 12.4. The zero-order valence-electron chi connectivity index (χ0n) is 11.6. The first-order valence-corrected chi connectivity index (χ1v) is 10.3. The third-order valence-electron chi connectivity index (χ3n) is 2.56. The molecule has 5 nitrogen and oxygen atoms in total. The predicted octanol–water partition coefficient (Wildman–Crippen LogP) is 3.58. The highest BCUT2D eigenvalue weighted by Crippen LogP contribution is 2.33. The number of sulfonamides is 1. The number of hydrogen-bond acceptors (Lipinski definition) is 6. The zero-order chi connectivity index (χ0) is 15.5. The number of halogens is 1. The molecule has 21 heavy (non-hydrogen) atoms. The van der Waals surface area contributed by atoms with Gasteiger partial charge in [0.15, 0.2) is 5.13 Å². The Hall–Kier alpha value is -0.480. The fraction of sp³-hybridized carbons (Fsp3) is 0.417. The average molecular weight is 410 g/mol. The maximum Gasteiger partial charge on any atom is 0.265 e. The number of nitrogens with one attached hydrogen (secondary N) is 2. The molecule has 0 aromatic carbocycles. The van der Waals surface area contributed by atoms with Crippen LogP contribution in [0.3, 0.4) is 0 Å². The first-order valence-electron chi connectivity index (χ1n) is 6.36. The van der Waals surface area contributed by atoms with Crippen molar-refractivity contribution >= 4 is 53.8 Å². The molecule has 0 spiro atoms. The highest BCUT2D eigenvalue weighted by molar-refractivity contribution is 9.11. The van der Waals surface area contributed by atoms with Gasteiger partial charge in [0.05, 0.1) is 3.79 Å². The molecule has 2 heterocycles. The first kappa shape index (κ1) is 16.9. The normalized spacial score (nSPS) is 11.8. The van der Waals surface area contributed by atoms with Gasteiger partial charge in [0, 0.05) is 22.5 Å². The van der Waals surface area contributed by atoms with Gasteiger partial charge in [-0.15, -0.1) is 22.7 Å². The van der Waals surface area contributed by atoms with E-state index in [1.807, 2.05) is 6.92 Å². The van der Waals surface area contributed by atoms with Gasteiger partial charge in [-0.05, 0) is 41.9 Å². The summed E-state index contributed by atoms with van der Waals surface area (Å²) in [5.41, 5.74) is 0. The maximum absolute atomic E-state index is 12.4. The average Bonchev–Trinajstić information content (AvgIpc) is 2.96. The summed E-state index contributed by atoms with van der Waals surface area (Å²) in [6.07, 6.45) is 2.69. The van der Waals surface area contributed by atoms with Crippen LogP contribution in [0.5, 0.6) is 0 Å². The van der Waals surface area contributed by atoms with Crippen LogP contribution in [0, 0.1) is 6.92 Å². The summed E-state index contributed by atoms with van der Waals surface area (Å²) in [6, 6.07) is 1.69. The van der Waals surface area contributed by atoms with Gasteiger partial charge in [-0.1, -0.05) is 6.92 Å². The molecule has 0 aliphatic heterocycles. The molecule has 0 radical (unpaired) electrons. The Balaban J connectivity index is 2.16. The number of thiazole rings is 1. The number of aromatic nitrogens is 1. The van der Waals surface area contributed by atoms with Gasteiger partial charge in [0.1, 0.15) is 4.90 Å². The number of thiophene rings is 1. The van der Waals surface area contributed by atoms with E-state index >= 15 is 0 Å². The van der Waals surface area contributed by atoms with E-state index in [0.717, 1.165) is 22.7 Å². The van der Waals surface area contributed by atoms with Crippen molar-refractivity contribution in [2.45, 2.75) is 31.7 Å². The summed E-state index contributed by atoms with van der Waals surface area (Å²) in [6.45, 7) is 5.55. The van der Waals surface area contributed by atoms with E-state index in [0.29, 0.717) is 15.5 Å². The van der Waals surface area contributed by atoms with Crippen LogP contribution in [0.25, 0.3) is 0 Å². The van der Waals surface area contributed by atoms with E-state index in [1.54, 1.807) is 12.3 Å². The van der Waals surface area contributed by atoms with E-state index in [1.165, 1.54) is 22.7 Å². The predicted molar refractivity (Wildman–Crippen MR) is 91.7 cm³/mol. The van der Waals surface area contributed by atoms with Crippen LogP contribution in [0.4, 0.5) is 5.13 Å². The number of hydrogen-bond donors (Lipinski definition) is 2. The Labute approximate surface area is 141 Å². The molecule has 116 valence electrons. The Bertz CT molecular complexity index is 709. The molecular formula is C12H16BrN3O2S3. The lowest BCUT2D eigenvalue weighted by Crippen LogP contribution is -2.13. The van der Waals surface area contributed by atoms with Gasteiger partial charge in [-0.3, -0.25) is 4.72 Å². The smallest absolute Gasteiger partial charge is 0.265 e. The largest absolute Gasteiger partial charge is 0.312 e. The molecule has 0 saturated heterocycles. The molecular weight excluding hydrogens is 394 g/mol. The lowest BCUT2D eigenvalue weighted by molar-refractivity contribution is 0.601. The number of nitrogens with zero attached hydrogens (tertiary/aromatic N) is 1. The quantitative estimate of drug-likeness (QED) is 0.685. The van der Waals surface area contributed by atoms with E-state index in [2.05, 4.69) is 37.9 Å². The van der Waals surface area contributed by atoms with Crippen molar-refractivity contribution in [1.82, 2.24) is 10.3 Å². The zero-order valence-corrected chi connectivity index (χ0v) is 15.7. The van der Waals surface area contributed by atoms with Crippen molar-refractivity contribution in [3.63, 3.8) is 0 Å². The molecule has 2 rings (SSSR count). The highest BCUT2D eigenvalue weighted by Gasteiger charge is 2.22. The molecule has 0 saturated carbocycles. The van der Waals surface area contributed by atoms with Gasteiger partial charge in [0.2, 0.25) is 0 Å². The summed E-state index contributed by atoms with van der Waals surface area (Å²) >= 11 is 6.07. The van der Waals surface area contributed by atoms with Crippen LogP contribution in [0.15, 0.2) is 20.9 Å². The van der Waals surface area contributed by atoms with Crippen LogP contribution in [-0.2, 0) is 16.6 Å². The minimum Gasteiger partial charge on any atom is -0.312 e. The second kappa shape index (κ2) is 7.19. The minimum absolute atomic E-state index is 0.258. The van der Waals surface area contributed by atoms with Crippen molar-refractivity contribution in [2.75, 3.05) is 11.3 Å². The van der Waals surface area contributed by atoms with Gasteiger partial charge in [-0.25, -0.2) is 13.4 Å². The molecule has 0 atom stereocenters. The molecule has 9 heteroatoms. The molecule has 0 amide bonds. The lowest BCUT2D eigenvalue weighted by atomic mass is 10.4. The van der Waals surface area contributed by atoms with Crippen molar-refractivity contribution in [3.8, 4) is 0 Å². The highest BCUT2D eigenvalue weighted by atomic mass is 79.9. The van der Waals surface area contributed by atoms with Crippen molar-refractivity contribution in [1.29, 1.82) is 0 Å². The Kier molecular flexibility index (Phi) is 5.78.